The molecule has 0 radical (unpaired) electrons. The molecule has 1 aliphatic rings. The Morgan fingerprint density at radius 3 is 2.76 bits per heavy atom. The van der Waals surface area contributed by atoms with Gasteiger partial charge in [-0.1, -0.05) is 35.0 Å². The van der Waals surface area contributed by atoms with Crippen LogP contribution < -0.4 is 0 Å². The van der Waals surface area contributed by atoms with Gasteiger partial charge in [0.05, 0.1) is 5.69 Å². The molecule has 0 amide bonds. The minimum atomic E-state index is -0.165. The smallest absolute Gasteiger partial charge is 0.125 e. The summed E-state index contributed by atoms with van der Waals surface area (Å²) in [5.74, 6) is 0.804. The molecule has 1 saturated carbocycles. The highest BCUT2D eigenvalue weighted by Crippen LogP contribution is 2.44. The van der Waals surface area contributed by atoms with Crippen molar-refractivity contribution in [1.29, 1.82) is 0 Å². The minimum absolute atomic E-state index is 0.165. The van der Waals surface area contributed by atoms with Gasteiger partial charge in [-0.2, -0.15) is 0 Å². The van der Waals surface area contributed by atoms with Gasteiger partial charge >= 0.3 is 0 Å². The fraction of sp³-hybridized carbons (Fsp3) is 0.471. The number of hydrogen-bond acceptors (Lipinski definition) is 3. The van der Waals surface area contributed by atoms with Crippen LogP contribution in [0.3, 0.4) is 0 Å². The average molecular weight is 366 g/mol. The van der Waals surface area contributed by atoms with Gasteiger partial charge in [0, 0.05) is 22.5 Å². The first-order chi connectivity index (χ1) is 10.1. The highest BCUT2D eigenvalue weighted by molar-refractivity contribution is 9.10. The number of ether oxygens (including phenoxy) is 1. The second kappa shape index (κ2) is 6.19. The lowest BCUT2D eigenvalue weighted by molar-refractivity contribution is -0.0530. The summed E-state index contributed by atoms with van der Waals surface area (Å²) in [6, 6.07) is 8.30. The molecule has 1 aromatic carbocycles. The fourth-order valence-corrected chi connectivity index (χ4v) is 4.46. The Kier molecular flexibility index (Phi) is 4.48. The molecule has 0 spiro atoms. The molecule has 0 atom stereocenters. The summed E-state index contributed by atoms with van der Waals surface area (Å²) in [5, 5.41) is 3.28. The predicted octanol–water partition coefficient (Wildman–Crippen LogP) is 5.62. The number of aromatic nitrogens is 1. The molecule has 0 unspecified atom stereocenters. The number of halogens is 1. The fourth-order valence-electron chi connectivity index (χ4n) is 3.00. The third-order valence-corrected chi connectivity index (χ3v) is 6.01. The van der Waals surface area contributed by atoms with E-state index in [9.17, 15) is 0 Å². The summed E-state index contributed by atoms with van der Waals surface area (Å²) in [6.45, 7) is 2.33. The summed E-state index contributed by atoms with van der Waals surface area (Å²) < 4.78 is 7.01. The van der Waals surface area contributed by atoms with Crippen LogP contribution in [0.5, 0.6) is 0 Å². The third kappa shape index (κ3) is 3.08. The average Bonchev–Trinajstić information content (AvgIpc) is 2.99. The Hall–Kier alpha value is -0.710. The Labute approximate surface area is 138 Å². The molecule has 4 heteroatoms. The molecule has 3 rings (SSSR count). The topological polar surface area (TPSA) is 22.1 Å². The van der Waals surface area contributed by atoms with Gasteiger partial charge in [0.15, 0.2) is 0 Å². The molecule has 1 aliphatic carbocycles. The lowest BCUT2D eigenvalue weighted by atomic mass is 9.80. The highest BCUT2D eigenvalue weighted by Gasteiger charge is 2.38. The van der Waals surface area contributed by atoms with Crippen molar-refractivity contribution < 1.29 is 4.74 Å². The van der Waals surface area contributed by atoms with Gasteiger partial charge in [-0.3, -0.25) is 0 Å². The van der Waals surface area contributed by atoms with Crippen LogP contribution in [0, 0.1) is 5.92 Å². The number of methoxy groups -OCH3 is 1. The van der Waals surface area contributed by atoms with Crippen molar-refractivity contribution in [2.75, 3.05) is 7.11 Å². The molecule has 0 bridgehead atoms. The highest BCUT2D eigenvalue weighted by atomic mass is 79.9. The molecule has 0 saturated heterocycles. The van der Waals surface area contributed by atoms with E-state index in [4.69, 9.17) is 9.72 Å². The van der Waals surface area contributed by atoms with E-state index in [1.54, 1.807) is 11.3 Å². The maximum absolute atomic E-state index is 5.92. The van der Waals surface area contributed by atoms with Gasteiger partial charge in [-0.25, -0.2) is 4.98 Å². The number of benzene rings is 1. The van der Waals surface area contributed by atoms with E-state index in [1.165, 1.54) is 12.8 Å². The van der Waals surface area contributed by atoms with Crippen molar-refractivity contribution in [3.63, 3.8) is 0 Å². The molecule has 112 valence electrons. The SMILES string of the molecule is COC1(c2nc(-c3cccc(Br)c3)cs2)CCC(C)CC1. The van der Waals surface area contributed by atoms with Gasteiger partial charge in [-0.15, -0.1) is 11.3 Å². The Balaban J connectivity index is 1.90. The third-order valence-electron chi connectivity index (χ3n) is 4.49. The molecule has 21 heavy (non-hydrogen) atoms. The summed E-state index contributed by atoms with van der Waals surface area (Å²) >= 11 is 5.25. The van der Waals surface area contributed by atoms with E-state index in [0.717, 1.165) is 39.5 Å². The number of rotatable bonds is 3. The van der Waals surface area contributed by atoms with E-state index < -0.39 is 0 Å². The lowest BCUT2D eigenvalue weighted by Gasteiger charge is -2.36. The Morgan fingerprint density at radius 1 is 1.33 bits per heavy atom. The molecule has 2 aromatic rings. The summed E-state index contributed by atoms with van der Waals surface area (Å²) in [6.07, 6.45) is 4.60. The first-order valence-corrected chi connectivity index (χ1v) is 9.07. The van der Waals surface area contributed by atoms with Crippen LogP contribution in [-0.4, -0.2) is 12.1 Å². The van der Waals surface area contributed by atoms with Crippen LogP contribution in [-0.2, 0) is 10.3 Å². The first-order valence-electron chi connectivity index (χ1n) is 7.40. The zero-order chi connectivity index (χ0) is 14.9. The number of nitrogens with zero attached hydrogens (tertiary/aromatic N) is 1. The van der Waals surface area contributed by atoms with Crippen LogP contribution in [0.2, 0.25) is 0 Å². The molecule has 1 aromatic heterocycles. The van der Waals surface area contributed by atoms with Crippen LogP contribution >= 0.6 is 27.3 Å². The second-order valence-electron chi connectivity index (χ2n) is 5.93. The monoisotopic (exact) mass is 365 g/mol. The Bertz CT molecular complexity index is 617. The van der Waals surface area contributed by atoms with Crippen LogP contribution in [0.15, 0.2) is 34.1 Å². The molecule has 1 fully saturated rings. The van der Waals surface area contributed by atoms with Crippen molar-refractivity contribution in [2.45, 2.75) is 38.2 Å². The van der Waals surface area contributed by atoms with Gasteiger partial charge in [0.1, 0.15) is 10.6 Å². The van der Waals surface area contributed by atoms with Gasteiger partial charge in [0.25, 0.3) is 0 Å². The molecule has 2 nitrogen and oxygen atoms in total. The van der Waals surface area contributed by atoms with Crippen molar-refractivity contribution in [3.8, 4) is 11.3 Å². The lowest BCUT2D eigenvalue weighted by Crippen LogP contribution is -2.33. The number of thiazole rings is 1. The molecular weight excluding hydrogens is 346 g/mol. The first kappa shape index (κ1) is 15.2. The number of hydrogen-bond donors (Lipinski definition) is 0. The van der Waals surface area contributed by atoms with E-state index in [0.29, 0.717) is 0 Å². The van der Waals surface area contributed by atoms with Crippen molar-refractivity contribution in [1.82, 2.24) is 4.98 Å². The molecule has 0 aliphatic heterocycles. The van der Waals surface area contributed by atoms with Crippen molar-refractivity contribution in [2.24, 2.45) is 5.92 Å². The van der Waals surface area contributed by atoms with Crippen LogP contribution in [0.25, 0.3) is 11.3 Å². The van der Waals surface area contributed by atoms with Crippen molar-refractivity contribution >= 4 is 27.3 Å². The van der Waals surface area contributed by atoms with Gasteiger partial charge in [0.2, 0.25) is 0 Å². The molecule has 0 N–H and O–H groups in total. The maximum atomic E-state index is 5.92. The van der Waals surface area contributed by atoms with Crippen molar-refractivity contribution in [3.05, 3.63) is 39.1 Å². The Morgan fingerprint density at radius 2 is 2.10 bits per heavy atom. The largest absolute Gasteiger partial charge is 0.371 e. The maximum Gasteiger partial charge on any atom is 0.125 e. The standard InChI is InChI=1S/C17H20BrNOS/c1-12-6-8-17(20-2,9-7-12)16-19-15(11-21-16)13-4-3-5-14(18)10-13/h3-5,10-12H,6-9H2,1-2H3. The summed E-state index contributed by atoms with van der Waals surface area (Å²) in [5.41, 5.74) is 2.04. The van der Waals surface area contributed by atoms with E-state index in [2.05, 4.69) is 40.4 Å². The minimum Gasteiger partial charge on any atom is -0.371 e. The van der Waals surface area contributed by atoms with Gasteiger partial charge in [-0.05, 0) is 43.7 Å². The predicted molar refractivity (Wildman–Crippen MR) is 91.6 cm³/mol. The summed E-state index contributed by atoms with van der Waals surface area (Å²) in [7, 11) is 1.83. The molecular formula is C17H20BrNOS. The normalized spacial score (nSPS) is 26.0. The van der Waals surface area contributed by atoms with E-state index in [1.807, 2.05) is 19.2 Å². The van der Waals surface area contributed by atoms with Gasteiger partial charge < -0.3 is 4.74 Å². The zero-order valence-electron chi connectivity index (χ0n) is 12.4. The van der Waals surface area contributed by atoms with Crippen LogP contribution in [0.4, 0.5) is 0 Å². The van der Waals surface area contributed by atoms with E-state index in [-0.39, 0.29) is 5.60 Å². The molecule has 1 heterocycles. The summed E-state index contributed by atoms with van der Waals surface area (Å²) in [4.78, 5) is 4.89. The quantitative estimate of drug-likeness (QED) is 0.703. The van der Waals surface area contributed by atoms with E-state index >= 15 is 0 Å². The second-order valence-corrected chi connectivity index (χ2v) is 7.70. The zero-order valence-corrected chi connectivity index (χ0v) is 14.8. The van der Waals surface area contributed by atoms with Crippen LogP contribution in [0.1, 0.15) is 37.6 Å².